The van der Waals surface area contributed by atoms with Crippen molar-refractivity contribution in [1.29, 1.82) is 0 Å². The van der Waals surface area contributed by atoms with Crippen molar-refractivity contribution >= 4 is 16.7 Å². The molecule has 0 aliphatic carbocycles. The molecule has 1 atom stereocenters. The van der Waals surface area contributed by atoms with Crippen LogP contribution in [0.1, 0.15) is 12.1 Å². The molecule has 2 aromatic heterocycles. The van der Waals surface area contributed by atoms with Gasteiger partial charge < -0.3 is 10.1 Å². The Labute approximate surface area is 99.8 Å². The van der Waals surface area contributed by atoms with Crippen LogP contribution in [-0.2, 0) is 11.8 Å². The number of aromatic nitrogens is 3. The van der Waals surface area contributed by atoms with E-state index in [0.29, 0.717) is 6.04 Å². The zero-order valence-electron chi connectivity index (χ0n) is 10.1. The molecule has 1 aliphatic rings. The van der Waals surface area contributed by atoms with Crippen molar-refractivity contribution < 1.29 is 4.74 Å². The predicted octanol–water partition coefficient (Wildman–Crippen LogP) is 1.48. The fraction of sp³-hybridized carbons (Fsp3) is 0.500. The van der Waals surface area contributed by atoms with Gasteiger partial charge in [0.05, 0.1) is 30.2 Å². The lowest BCUT2D eigenvalue weighted by atomic mass is 10.2. The quantitative estimate of drug-likeness (QED) is 0.852. The van der Waals surface area contributed by atoms with Gasteiger partial charge in [-0.25, -0.2) is 4.98 Å². The van der Waals surface area contributed by atoms with E-state index in [1.807, 2.05) is 24.9 Å². The minimum Gasteiger partial charge on any atom is -0.379 e. The van der Waals surface area contributed by atoms with Crippen molar-refractivity contribution in [1.82, 2.24) is 14.8 Å². The molecule has 0 saturated carbocycles. The van der Waals surface area contributed by atoms with Crippen LogP contribution in [0.25, 0.3) is 11.0 Å². The van der Waals surface area contributed by atoms with Gasteiger partial charge in [0.25, 0.3) is 0 Å². The molecule has 0 spiro atoms. The second-order valence-electron chi connectivity index (χ2n) is 4.51. The molecule has 5 nitrogen and oxygen atoms in total. The monoisotopic (exact) mass is 232 g/mol. The zero-order valence-corrected chi connectivity index (χ0v) is 10.1. The van der Waals surface area contributed by atoms with Crippen LogP contribution >= 0.6 is 0 Å². The van der Waals surface area contributed by atoms with Gasteiger partial charge in [-0.3, -0.25) is 4.68 Å². The van der Waals surface area contributed by atoms with Gasteiger partial charge in [-0.15, -0.1) is 0 Å². The van der Waals surface area contributed by atoms with E-state index in [1.54, 1.807) is 0 Å². The first-order chi connectivity index (χ1) is 8.24. The van der Waals surface area contributed by atoms with Crippen molar-refractivity contribution in [3.05, 3.63) is 18.0 Å². The summed E-state index contributed by atoms with van der Waals surface area (Å²) < 4.78 is 7.16. The van der Waals surface area contributed by atoms with Crippen molar-refractivity contribution in [2.24, 2.45) is 7.05 Å². The highest BCUT2D eigenvalue weighted by molar-refractivity contribution is 5.81. The highest BCUT2D eigenvalue weighted by Crippen LogP contribution is 2.20. The second-order valence-corrected chi connectivity index (χ2v) is 4.51. The lowest BCUT2D eigenvalue weighted by Gasteiger charge is -2.11. The van der Waals surface area contributed by atoms with E-state index in [2.05, 4.69) is 21.5 Å². The number of hydrogen-bond acceptors (Lipinski definition) is 4. The van der Waals surface area contributed by atoms with Crippen LogP contribution in [-0.4, -0.2) is 34.0 Å². The Morgan fingerprint density at radius 3 is 3.18 bits per heavy atom. The third kappa shape index (κ3) is 1.86. The summed E-state index contributed by atoms with van der Waals surface area (Å²) in [4.78, 5) is 4.44. The van der Waals surface area contributed by atoms with Crippen LogP contribution in [0.4, 0.5) is 5.69 Å². The standard InChI is InChI=1S/C12H16N4O/c1-8-11-5-10(14-9-3-4-17-7-9)6-13-12(11)16(2)15-8/h5-6,9,14H,3-4,7H2,1-2H3. The van der Waals surface area contributed by atoms with Crippen molar-refractivity contribution in [2.45, 2.75) is 19.4 Å². The van der Waals surface area contributed by atoms with Crippen LogP contribution < -0.4 is 5.32 Å². The van der Waals surface area contributed by atoms with Crippen LogP contribution in [0.3, 0.4) is 0 Å². The SMILES string of the molecule is Cc1nn(C)c2ncc(NC3CCOC3)cc12. The summed E-state index contributed by atoms with van der Waals surface area (Å²) in [6.07, 6.45) is 2.92. The van der Waals surface area contributed by atoms with E-state index in [0.717, 1.165) is 42.0 Å². The number of hydrogen-bond donors (Lipinski definition) is 1. The Kier molecular flexibility index (Phi) is 2.48. The van der Waals surface area contributed by atoms with Gasteiger partial charge in [-0.05, 0) is 19.4 Å². The van der Waals surface area contributed by atoms with Crippen LogP contribution in [0.2, 0.25) is 0 Å². The van der Waals surface area contributed by atoms with Gasteiger partial charge in [-0.1, -0.05) is 0 Å². The molecule has 0 amide bonds. The molecule has 0 aromatic carbocycles. The van der Waals surface area contributed by atoms with Gasteiger partial charge in [-0.2, -0.15) is 5.10 Å². The van der Waals surface area contributed by atoms with Gasteiger partial charge in [0.15, 0.2) is 5.65 Å². The summed E-state index contributed by atoms with van der Waals surface area (Å²) in [6, 6.07) is 2.52. The maximum atomic E-state index is 5.35. The number of fused-ring (bicyclic) bond motifs is 1. The molecule has 1 saturated heterocycles. The van der Waals surface area contributed by atoms with Gasteiger partial charge in [0, 0.05) is 19.0 Å². The first kappa shape index (κ1) is 10.5. The Hall–Kier alpha value is -1.62. The molecule has 5 heteroatoms. The Morgan fingerprint density at radius 2 is 2.41 bits per heavy atom. The molecule has 0 bridgehead atoms. The zero-order chi connectivity index (χ0) is 11.8. The number of ether oxygens (including phenoxy) is 1. The summed E-state index contributed by atoms with van der Waals surface area (Å²) in [5.41, 5.74) is 2.99. The van der Waals surface area contributed by atoms with Crippen LogP contribution in [0.5, 0.6) is 0 Å². The average molecular weight is 232 g/mol. The van der Waals surface area contributed by atoms with E-state index >= 15 is 0 Å². The number of nitrogens with one attached hydrogen (secondary N) is 1. The number of pyridine rings is 1. The van der Waals surface area contributed by atoms with E-state index in [4.69, 9.17) is 4.74 Å². The van der Waals surface area contributed by atoms with Crippen LogP contribution in [0, 0.1) is 6.92 Å². The Morgan fingerprint density at radius 1 is 1.53 bits per heavy atom. The topological polar surface area (TPSA) is 52.0 Å². The largest absolute Gasteiger partial charge is 0.379 e. The fourth-order valence-corrected chi connectivity index (χ4v) is 2.27. The lowest BCUT2D eigenvalue weighted by molar-refractivity contribution is 0.195. The molecule has 1 N–H and O–H groups in total. The third-order valence-electron chi connectivity index (χ3n) is 3.16. The first-order valence-corrected chi connectivity index (χ1v) is 5.87. The van der Waals surface area contributed by atoms with Crippen molar-refractivity contribution in [2.75, 3.05) is 18.5 Å². The Balaban J connectivity index is 1.92. The lowest BCUT2D eigenvalue weighted by Crippen LogP contribution is -2.18. The molecule has 90 valence electrons. The molecule has 2 aromatic rings. The third-order valence-corrected chi connectivity index (χ3v) is 3.16. The second kappa shape index (κ2) is 4.00. The molecule has 17 heavy (non-hydrogen) atoms. The fourth-order valence-electron chi connectivity index (χ4n) is 2.27. The summed E-state index contributed by atoms with van der Waals surface area (Å²) >= 11 is 0. The smallest absolute Gasteiger partial charge is 0.157 e. The molecule has 1 aliphatic heterocycles. The molecule has 3 rings (SSSR count). The van der Waals surface area contributed by atoms with Gasteiger partial charge in [0.2, 0.25) is 0 Å². The maximum absolute atomic E-state index is 5.35. The minimum atomic E-state index is 0.409. The highest BCUT2D eigenvalue weighted by Gasteiger charge is 2.16. The number of rotatable bonds is 2. The van der Waals surface area contributed by atoms with E-state index in [1.165, 1.54) is 0 Å². The number of nitrogens with zero attached hydrogens (tertiary/aromatic N) is 3. The van der Waals surface area contributed by atoms with E-state index in [-0.39, 0.29) is 0 Å². The molecule has 1 unspecified atom stereocenters. The molecular weight excluding hydrogens is 216 g/mol. The number of anilines is 1. The van der Waals surface area contributed by atoms with Crippen molar-refractivity contribution in [3.8, 4) is 0 Å². The van der Waals surface area contributed by atoms with E-state index < -0.39 is 0 Å². The molecule has 1 fully saturated rings. The average Bonchev–Trinajstić information content (AvgIpc) is 2.89. The Bertz CT molecular complexity index is 543. The predicted molar refractivity (Wildman–Crippen MR) is 66.1 cm³/mol. The van der Waals surface area contributed by atoms with Crippen molar-refractivity contribution in [3.63, 3.8) is 0 Å². The molecule has 0 radical (unpaired) electrons. The summed E-state index contributed by atoms with van der Waals surface area (Å²) in [7, 11) is 1.92. The van der Waals surface area contributed by atoms with Crippen LogP contribution in [0.15, 0.2) is 12.3 Å². The van der Waals surface area contributed by atoms with Gasteiger partial charge >= 0.3 is 0 Å². The highest BCUT2D eigenvalue weighted by atomic mass is 16.5. The van der Waals surface area contributed by atoms with E-state index in [9.17, 15) is 0 Å². The normalized spacial score (nSPS) is 20.0. The molecular formula is C12H16N4O. The summed E-state index contributed by atoms with van der Waals surface area (Å²) in [6.45, 7) is 3.63. The summed E-state index contributed by atoms with van der Waals surface area (Å²) in [5.74, 6) is 0. The minimum absolute atomic E-state index is 0.409. The summed E-state index contributed by atoms with van der Waals surface area (Å²) in [5, 5.41) is 8.92. The first-order valence-electron chi connectivity index (χ1n) is 5.87. The number of aryl methyl sites for hydroxylation is 2. The maximum Gasteiger partial charge on any atom is 0.157 e. The molecule has 3 heterocycles. The van der Waals surface area contributed by atoms with Gasteiger partial charge in [0.1, 0.15) is 0 Å².